The maximum absolute atomic E-state index is 12.2. The molecule has 21 heavy (non-hydrogen) atoms. The Kier molecular flexibility index (Phi) is 3.37. The maximum Gasteiger partial charge on any atom is 0.269 e. The molecule has 0 fully saturated rings. The van der Waals surface area contributed by atoms with E-state index in [1.165, 1.54) is 35.6 Å². The fraction of sp³-hybridized carbons (Fsp3) is 0. The molecule has 2 aromatic carbocycles. The van der Waals surface area contributed by atoms with Crippen LogP contribution in [-0.2, 0) is 0 Å². The number of amides is 1. The molecular weight excluding hydrogens is 288 g/mol. The van der Waals surface area contributed by atoms with E-state index >= 15 is 0 Å². The van der Waals surface area contributed by atoms with E-state index in [1.807, 2.05) is 30.3 Å². The molecule has 0 saturated heterocycles. The lowest BCUT2D eigenvalue weighted by Gasteiger charge is -2.02. The predicted octanol–water partition coefficient (Wildman–Crippen LogP) is 4.06. The van der Waals surface area contributed by atoms with Crippen molar-refractivity contribution in [2.75, 3.05) is 5.32 Å². The van der Waals surface area contributed by atoms with Crippen molar-refractivity contribution < 1.29 is 9.72 Å². The van der Waals surface area contributed by atoms with Crippen LogP contribution in [0, 0.1) is 10.1 Å². The number of nitro benzene ring substituents is 1. The van der Waals surface area contributed by atoms with Gasteiger partial charge in [-0.05, 0) is 29.7 Å². The molecule has 0 unspecified atom stereocenters. The molecule has 3 rings (SSSR count). The van der Waals surface area contributed by atoms with Crippen LogP contribution in [0.4, 0.5) is 11.4 Å². The molecule has 104 valence electrons. The Morgan fingerprint density at radius 2 is 1.81 bits per heavy atom. The molecule has 0 spiro atoms. The Bertz CT molecular complexity index is 791. The molecule has 5 nitrogen and oxygen atoms in total. The lowest BCUT2D eigenvalue weighted by molar-refractivity contribution is -0.384. The molecular formula is C15H10N2O3S. The topological polar surface area (TPSA) is 72.2 Å². The third-order valence-electron chi connectivity index (χ3n) is 2.99. The number of non-ortho nitro benzene ring substituents is 1. The van der Waals surface area contributed by atoms with Crippen LogP contribution in [0.2, 0.25) is 0 Å². The normalized spacial score (nSPS) is 10.5. The van der Waals surface area contributed by atoms with E-state index in [9.17, 15) is 14.9 Å². The highest BCUT2D eigenvalue weighted by atomic mass is 32.1. The minimum Gasteiger partial charge on any atom is -0.321 e. The monoisotopic (exact) mass is 298 g/mol. The van der Waals surface area contributed by atoms with Crippen LogP contribution in [-0.4, -0.2) is 10.8 Å². The predicted molar refractivity (Wildman–Crippen MR) is 82.9 cm³/mol. The number of carbonyl (C=O) groups is 1. The van der Waals surface area contributed by atoms with Crippen molar-refractivity contribution in [3.05, 3.63) is 69.6 Å². The van der Waals surface area contributed by atoms with E-state index in [2.05, 4.69) is 5.32 Å². The highest BCUT2D eigenvalue weighted by Gasteiger charge is 2.11. The zero-order valence-electron chi connectivity index (χ0n) is 10.8. The Balaban J connectivity index is 1.80. The summed E-state index contributed by atoms with van der Waals surface area (Å²) in [5.41, 5.74) is 0.526. The molecule has 1 aromatic heterocycles. The van der Waals surface area contributed by atoms with Crippen molar-refractivity contribution in [1.82, 2.24) is 0 Å². The highest BCUT2D eigenvalue weighted by Crippen LogP contribution is 2.26. The summed E-state index contributed by atoms with van der Waals surface area (Å²) >= 11 is 1.41. The number of hydrogen-bond acceptors (Lipinski definition) is 4. The van der Waals surface area contributed by atoms with E-state index in [0.29, 0.717) is 10.6 Å². The Morgan fingerprint density at radius 1 is 1.10 bits per heavy atom. The van der Waals surface area contributed by atoms with Crippen LogP contribution in [0.3, 0.4) is 0 Å². The summed E-state index contributed by atoms with van der Waals surface area (Å²) in [4.78, 5) is 22.9. The molecule has 0 aliphatic heterocycles. The number of nitrogens with zero attached hydrogens (tertiary/aromatic N) is 1. The van der Waals surface area contributed by atoms with Crippen LogP contribution in [0.15, 0.2) is 54.6 Å². The Hall–Kier alpha value is -2.73. The van der Waals surface area contributed by atoms with Crippen molar-refractivity contribution in [2.45, 2.75) is 0 Å². The first-order valence-corrected chi connectivity index (χ1v) is 6.99. The zero-order chi connectivity index (χ0) is 14.8. The van der Waals surface area contributed by atoms with Gasteiger partial charge in [0.25, 0.3) is 11.6 Å². The molecule has 0 atom stereocenters. The smallest absolute Gasteiger partial charge is 0.269 e. The van der Waals surface area contributed by atoms with Crippen LogP contribution in [0.5, 0.6) is 0 Å². The minimum absolute atomic E-state index is 0.00476. The van der Waals surface area contributed by atoms with E-state index < -0.39 is 4.92 Å². The van der Waals surface area contributed by atoms with Gasteiger partial charge in [0.15, 0.2) is 0 Å². The first kappa shape index (κ1) is 13.3. The molecule has 0 aliphatic carbocycles. The number of anilines is 1. The number of nitro groups is 1. The number of nitrogens with one attached hydrogen (secondary N) is 1. The van der Waals surface area contributed by atoms with Crippen LogP contribution < -0.4 is 5.32 Å². The lowest BCUT2D eigenvalue weighted by atomic mass is 10.2. The molecule has 3 aromatic rings. The summed E-state index contributed by atoms with van der Waals surface area (Å²) in [5.74, 6) is -0.218. The first-order valence-electron chi connectivity index (χ1n) is 6.18. The molecule has 1 N–H and O–H groups in total. The highest BCUT2D eigenvalue weighted by molar-refractivity contribution is 7.20. The van der Waals surface area contributed by atoms with E-state index in [1.54, 1.807) is 0 Å². The largest absolute Gasteiger partial charge is 0.321 e. The molecule has 0 saturated carbocycles. The second-order valence-corrected chi connectivity index (χ2v) is 5.49. The van der Waals surface area contributed by atoms with E-state index in [0.717, 1.165) is 10.1 Å². The number of thiophene rings is 1. The third-order valence-corrected chi connectivity index (χ3v) is 4.10. The van der Waals surface area contributed by atoms with Crippen LogP contribution >= 0.6 is 11.3 Å². The van der Waals surface area contributed by atoms with Gasteiger partial charge in [-0.15, -0.1) is 11.3 Å². The number of fused-ring (bicyclic) bond motifs is 1. The van der Waals surface area contributed by atoms with Crippen molar-refractivity contribution in [2.24, 2.45) is 0 Å². The number of carbonyl (C=O) groups excluding carboxylic acids is 1. The zero-order valence-corrected chi connectivity index (χ0v) is 11.6. The van der Waals surface area contributed by atoms with Crippen LogP contribution in [0.1, 0.15) is 9.67 Å². The van der Waals surface area contributed by atoms with Crippen molar-refractivity contribution >= 4 is 38.7 Å². The Labute approximate surface area is 124 Å². The van der Waals surface area contributed by atoms with Gasteiger partial charge >= 0.3 is 0 Å². The van der Waals surface area contributed by atoms with E-state index in [4.69, 9.17) is 0 Å². The second-order valence-electron chi connectivity index (χ2n) is 4.41. The van der Waals surface area contributed by atoms with E-state index in [-0.39, 0.29) is 11.6 Å². The molecule has 0 bridgehead atoms. The Morgan fingerprint density at radius 3 is 2.48 bits per heavy atom. The lowest BCUT2D eigenvalue weighted by Crippen LogP contribution is -2.09. The fourth-order valence-electron chi connectivity index (χ4n) is 1.95. The van der Waals surface area contributed by atoms with Gasteiger partial charge in [0.2, 0.25) is 0 Å². The van der Waals surface area contributed by atoms with Gasteiger partial charge in [-0.1, -0.05) is 18.2 Å². The fourth-order valence-corrected chi connectivity index (χ4v) is 2.91. The van der Waals surface area contributed by atoms with Gasteiger partial charge in [-0.25, -0.2) is 0 Å². The van der Waals surface area contributed by atoms with Crippen molar-refractivity contribution in [3.8, 4) is 0 Å². The van der Waals surface area contributed by atoms with Gasteiger partial charge in [-0.3, -0.25) is 14.9 Å². The third kappa shape index (κ3) is 2.75. The standard InChI is InChI=1S/C15H10N2O3S/c18-15(14-9-10-3-1-2-4-13(10)21-14)16-11-5-7-12(8-6-11)17(19)20/h1-9H,(H,16,18). The summed E-state index contributed by atoms with van der Waals surface area (Å²) in [6.45, 7) is 0. The SMILES string of the molecule is O=C(Nc1ccc([N+](=O)[O-])cc1)c1cc2ccccc2s1. The van der Waals surface area contributed by atoms with Gasteiger partial charge in [0.1, 0.15) is 0 Å². The van der Waals surface area contributed by atoms with Crippen LogP contribution in [0.25, 0.3) is 10.1 Å². The minimum atomic E-state index is -0.475. The van der Waals surface area contributed by atoms with Crippen molar-refractivity contribution in [1.29, 1.82) is 0 Å². The number of benzene rings is 2. The molecule has 1 heterocycles. The quantitative estimate of drug-likeness (QED) is 0.585. The second kappa shape index (κ2) is 5.34. The summed E-state index contributed by atoms with van der Waals surface area (Å²) in [7, 11) is 0. The molecule has 1 amide bonds. The molecule has 0 radical (unpaired) electrons. The summed E-state index contributed by atoms with van der Waals surface area (Å²) < 4.78 is 1.05. The van der Waals surface area contributed by atoms with Gasteiger partial charge in [-0.2, -0.15) is 0 Å². The summed E-state index contributed by atoms with van der Waals surface area (Å²) in [5, 5.41) is 14.3. The molecule has 6 heteroatoms. The summed E-state index contributed by atoms with van der Waals surface area (Å²) in [6, 6.07) is 15.4. The summed E-state index contributed by atoms with van der Waals surface area (Å²) in [6.07, 6.45) is 0. The van der Waals surface area contributed by atoms with Gasteiger partial charge in [0, 0.05) is 22.5 Å². The maximum atomic E-state index is 12.2. The number of rotatable bonds is 3. The first-order chi connectivity index (χ1) is 10.1. The molecule has 0 aliphatic rings. The average Bonchev–Trinajstić information content (AvgIpc) is 2.92. The van der Waals surface area contributed by atoms with Crippen molar-refractivity contribution in [3.63, 3.8) is 0 Å². The average molecular weight is 298 g/mol. The van der Waals surface area contributed by atoms with Gasteiger partial charge in [0.05, 0.1) is 9.80 Å². The van der Waals surface area contributed by atoms with Gasteiger partial charge < -0.3 is 5.32 Å². The number of hydrogen-bond donors (Lipinski definition) is 1.